The lowest BCUT2D eigenvalue weighted by Crippen LogP contribution is -2.53. The number of para-hydroxylation sites is 1. The molecule has 13 nitrogen and oxygen atoms in total. The van der Waals surface area contributed by atoms with Gasteiger partial charge in [-0.1, -0.05) is 78.9 Å². The Balaban J connectivity index is 1.44. The monoisotopic (exact) mass is 728 g/mol. The first kappa shape index (κ1) is 39.9. The lowest BCUT2D eigenvalue weighted by atomic mass is 9.99. The summed E-state index contributed by atoms with van der Waals surface area (Å²) in [5.74, 6) is -1.80. The molecule has 3 aromatic carbocycles. The van der Waals surface area contributed by atoms with Gasteiger partial charge in [-0.2, -0.15) is 0 Å². The fourth-order valence-corrected chi connectivity index (χ4v) is 5.54. The van der Waals surface area contributed by atoms with E-state index in [0.29, 0.717) is 24.1 Å². The smallest absolute Gasteiger partial charge is 0.408 e. The molecule has 1 aromatic heterocycles. The minimum absolute atomic E-state index is 0.0424. The second-order valence-electron chi connectivity index (χ2n) is 13.4. The van der Waals surface area contributed by atoms with E-state index in [1.807, 2.05) is 84.9 Å². The Morgan fingerprint density at radius 3 is 2.00 bits per heavy atom. The normalized spacial score (nSPS) is 12.2. The Morgan fingerprint density at radius 2 is 1.36 bits per heavy atom. The van der Waals surface area contributed by atoms with E-state index in [2.05, 4.69) is 20.9 Å². The van der Waals surface area contributed by atoms with Crippen LogP contribution in [0.4, 0.5) is 9.59 Å². The Kier molecular flexibility index (Phi) is 14.8. The van der Waals surface area contributed by atoms with Crippen molar-refractivity contribution in [3.63, 3.8) is 0 Å². The van der Waals surface area contributed by atoms with Crippen molar-refractivity contribution in [1.82, 2.24) is 20.9 Å². The van der Waals surface area contributed by atoms with Crippen LogP contribution < -0.4 is 16.0 Å². The van der Waals surface area contributed by atoms with E-state index < -0.39 is 47.7 Å². The van der Waals surface area contributed by atoms with Gasteiger partial charge in [0, 0.05) is 29.6 Å². The zero-order valence-electron chi connectivity index (χ0n) is 30.6. The van der Waals surface area contributed by atoms with Crippen LogP contribution in [0.3, 0.4) is 0 Å². The molecule has 1 heterocycles. The van der Waals surface area contributed by atoms with E-state index in [-0.39, 0.29) is 39.0 Å². The second kappa shape index (κ2) is 19.7. The van der Waals surface area contributed by atoms with Crippen LogP contribution in [-0.4, -0.2) is 66.4 Å². The van der Waals surface area contributed by atoms with Crippen molar-refractivity contribution in [2.45, 2.75) is 83.8 Å². The number of H-pyrrole nitrogens is 1. The van der Waals surface area contributed by atoms with E-state index in [9.17, 15) is 24.0 Å². The van der Waals surface area contributed by atoms with Gasteiger partial charge in [-0.3, -0.25) is 9.59 Å². The van der Waals surface area contributed by atoms with Crippen LogP contribution in [0, 0.1) is 0 Å². The van der Waals surface area contributed by atoms with Crippen LogP contribution in [0.2, 0.25) is 0 Å². The molecule has 0 fully saturated rings. The summed E-state index contributed by atoms with van der Waals surface area (Å²) in [6.07, 6.45) is -0.423. The summed E-state index contributed by atoms with van der Waals surface area (Å²) in [4.78, 5) is 68.1. The number of methoxy groups -OCH3 is 1. The van der Waals surface area contributed by atoms with Crippen LogP contribution in [0.15, 0.2) is 84.9 Å². The molecule has 3 amide bonds. The number of alkyl carbamates (subject to hydrolysis) is 2. The molecule has 4 N–H and O–H groups in total. The molecule has 0 bridgehead atoms. The summed E-state index contributed by atoms with van der Waals surface area (Å²) in [6, 6.07) is 23.7. The van der Waals surface area contributed by atoms with Gasteiger partial charge >= 0.3 is 24.1 Å². The number of aromatic nitrogens is 1. The Bertz CT molecular complexity index is 1820. The summed E-state index contributed by atoms with van der Waals surface area (Å²) in [5.41, 5.74) is 2.72. The van der Waals surface area contributed by atoms with Gasteiger partial charge in [-0.15, -0.1) is 0 Å². The first-order chi connectivity index (χ1) is 25.4. The number of nitrogens with one attached hydrogen (secondary N) is 4. The minimum Gasteiger partial charge on any atom is -0.467 e. The third kappa shape index (κ3) is 13.3. The van der Waals surface area contributed by atoms with Gasteiger partial charge in [-0.05, 0) is 62.8 Å². The van der Waals surface area contributed by atoms with Crippen molar-refractivity contribution < 1.29 is 42.9 Å². The summed E-state index contributed by atoms with van der Waals surface area (Å²) < 4.78 is 21.2. The number of rotatable bonds is 17. The van der Waals surface area contributed by atoms with Crippen LogP contribution in [-0.2, 0) is 59.4 Å². The zero-order chi connectivity index (χ0) is 38.2. The third-order valence-corrected chi connectivity index (χ3v) is 8.09. The number of hydrogen-bond acceptors (Lipinski definition) is 9. The van der Waals surface area contributed by atoms with E-state index in [1.165, 1.54) is 7.11 Å². The van der Waals surface area contributed by atoms with Gasteiger partial charge in [0.2, 0.25) is 5.91 Å². The molecule has 13 heteroatoms. The molecule has 282 valence electrons. The topological polar surface area (TPSA) is 174 Å². The first-order valence-corrected chi connectivity index (χ1v) is 17.5. The number of amides is 3. The standard InChI is InChI=1S/C40H48N4O9/c1-40(2,3)53-39(49)44-34(23-30-29-19-11-12-20-31(29)42-33(30)24-35(45)51-25-27-15-7-5-8-16-27)36(46)43-32(37(47)50-4)21-13-14-22-41-38(48)52-26-28-17-9-6-10-18-28/h5-12,15-20,32,34,42H,13-14,21-26H2,1-4H3,(H,41,48)(H,43,46)(H,44,49)/t32-,34-/m0/s1. The van der Waals surface area contributed by atoms with E-state index >= 15 is 0 Å². The summed E-state index contributed by atoms with van der Waals surface area (Å²) in [5, 5.41) is 8.83. The fourth-order valence-electron chi connectivity index (χ4n) is 5.54. The molecule has 4 rings (SSSR count). The highest BCUT2D eigenvalue weighted by Crippen LogP contribution is 2.25. The van der Waals surface area contributed by atoms with Crippen LogP contribution in [0.5, 0.6) is 0 Å². The lowest BCUT2D eigenvalue weighted by Gasteiger charge is -2.25. The molecule has 53 heavy (non-hydrogen) atoms. The number of carbonyl (C=O) groups is 5. The molecule has 4 aromatic rings. The fraction of sp³-hybridized carbons (Fsp3) is 0.375. The third-order valence-electron chi connectivity index (χ3n) is 8.09. The molecule has 0 saturated carbocycles. The second-order valence-corrected chi connectivity index (χ2v) is 13.4. The number of benzene rings is 3. The number of hydrogen-bond donors (Lipinski definition) is 4. The first-order valence-electron chi connectivity index (χ1n) is 17.5. The SMILES string of the molecule is COC(=O)[C@H](CCCCNC(=O)OCc1ccccc1)NC(=O)[C@H](Cc1c(CC(=O)OCc2ccccc2)[nH]c2ccccc12)NC(=O)OC(C)(C)C. The van der Waals surface area contributed by atoms with Gasteiger partial charge in [0.1, 0.15) is 30.9 Å². The summed E-state index contributed by atoms with van der Waals surface area (Å²) in [6.45, 7) is 5.63. The average molecular weight is 729 g/mol. The van der Waals surface area contributed by atoms with Crippen molar-refractivity contribution in [3.05, 3.63) is 107 Å². The molecular formula is C40H48N4O9. The van der Waals surface area contributed by atoms with Gasteiger partial charge in [0.25, 0.3) is 0 Å². The maximum absolute atomic E-state index is 13.9. The maximum atomic E-state index is 13.9. The lowest BCUT2D eigenvalue weighted by molar-refractivity contribution is -0.145. The summed E-state index contributed by atoms with van der Waals surface area (Å²) >= 11 is 0. The predicted octanol–water partition coefficient (Wildman–Crippen LogP) is 5.64. The molecule has 0 aliphatic heterocycles. The predicted molar refractivity (Wildman–Crippen MR) is 198 cm³/mol. The molecular weight excluding hydrogens is 680 g/mol. The number of aromatic amines is 1. The molecule has 0 aliphatic rings. The van der Waals surface area contributed by atoms with Crippen LogP contribution in [0.25, 0.3) is 10.9 Å². The average Bonchev–Trinajstić information content (AvgIpc) is 3.47. The molecule has 0 unspecified atom stereocenters. The van der Waals surface area contributed by atoms with Crippen molar-refractivity contribution in [2.75, 3.05) is 13.7 Å². The number of ether oxygens (including phenoxy) is 4. The largest absolute Gasteiger partial charge is 0.467 e. The maximum Gasteiger partial charge on any atom is 0.408 e. The number of fused-ring (bicyclic) bond motifs is 1. The number of carbonyl (C=O) groups excluding carboxylic acids is 5. The Morgan fingerprint density at radius 1 is 0.736 bits per heavy atom. The Hall–Kier alpha value is -5.85. The number of unbranched alkanes of at least 4 members (excludes halogenated alkanes) is 1. The number of esters is 2. The van der Waals surface area contributed by atoms with Crippen LogP contribution in [0.1, 0.15) is 62.4 Å². The van der Waals surface area contributed by atoms with Crippen molar-refractivity contribution in [2.24, 2.45) is 0 Å². The van der Waals surface area contributed by atoms with Crippen molar-refractivity contribution in [1.29, 1.82) is 0 Å². The highest BCUT2D eigenvalue weighted by molar-refractivity contribution is 5.92. The summed E-state index contributed by atoms with van der Waals surface area (Å²) in [7, 11) is 1.22. The zero-order valence-corrected chi connectivity index (χ0v) is 30.6. The molecule has 0 radical (unpaired) electrons. The minimum atomic E-state index is -1.21. The van der Waals surface area contributed by atoms with Crippen molar-refractivity contribution in [3.8, 4) is 0 Å². The molecule has 0 spiro atoms. The Labute approximate surface area is 309 Å². The van der Waals surface area contributed by atoms with E-state index in [0.717, 1.165) is 22.0 Å². The quantitative estimate of drug-likeness (QED) is 0.0609. The van der Waals surface area contributed by atoms with E-state index in [1.54, 1.807) is 20.8 Å². The van der Waals surface area contributed by atoms with Crippen LogP contribution >= 0.6 is 0 Å². The highest BCUT2D eigenvalue weighted by Gasteiger charge is 2.31. The van der Waals surface area contributed by atoms with Gasteiger partial charge < -0.3 is 39.9 Å². The molecule has 0 aliphatic carbocycles. The van der Waals surface area contributed by atoms with Gasteiger partial charge in [-0.25, -0.2) is 14.4 Å². The van der Waals surface area contributed by atoms with Gasteiger partial charge in [0.05, 0.1) is 13.5 Å². The molecule has 0 saturated heterocycles. The van der Waals surface area contributed by atoms with E-state index in [4.69, 9.17) is 18.9 Å². The van der Waals surface area contributed by atoms with Crippen molar-refractivity contribution >= 4 is 40.9 Å². The molecule has 2 atom stereocenters. The highest BCUT2D eigenvalue weighted by atomic mass is 16.6. The van der Waals surface area contributed by atoms with Gasteiger partial charge in [0.15, 0.2) is 0 Å².